The van der Waals surface area contributed by atoms with E-state index in [1.54, 1.807) is 6.26 Å². The standard InChI is InChI=1S/C15H21NO2S/c1-19(18)11-12-6-5-7-13(10-12)15(17)16-14-8-3-2-4-9-14/h5-7,10,14H,2-4,8-9,11H2,1H3,(H,16,17)/t19-/m1/s1. The van der Waals surface area contributed by atoms with Gasteiger partial charge in [0.2, 0.25) is 0 Å². The monoisotopic (exact) mass is 279 g/mol. The van der Waals surface area contributed by atoms with Gasteiger partial charge in [-0.25, -0.2) is 0 Å². The quantitative estimate of drug-likeness (QED) is 0.921. The van der Waals surface area contributed by atoms with E-state index in [9.17, 15) is 9.00 Å². The molecular weight excluding hydrogens is 258 g/mol. The highest BCUT2D eigenvalue weighted by Gasteiger charge is 2.16. The zero-order chi connectivity index (χ0) is 13.7. The Labute approximate surface area is 117 Å². The van der Waals surface area contributed by atoms with Crippen LogP contribution in [0, 0.1) is 0 Å². The number of rotatable bonds is 4. The molecule has 0 unspecified atom stereocenters. The molecule has 1 aromatic carbocycles. The molecule has 1 amide bonds. The highest BCUT2D eigenvalue weighted by molar-refractivity contribution is 7.83. The Morgan fingerprint density at radius 2 is 2.05 bits per heavy atom. The zero-order valence-corrected chi connectivity index (χ0v) is 12.2. The van der Waals surface area contributed by atoms with Crippen molar-refractivity contribution in [2.75, 3.05) is 6.26 Å². The van der Waals surface area contributed by atoms with Crippen molar-refractivity contribution in [1.29, 1.82) is 0 Å². The molecule has 1 fully saturated rings. The number of benzene rings is 1. The number of nitrogens with one attached hydrogen (secondary N) is 1. The van der Waals surface area contributed by atoms with Gasteiger partial charge >= 0.3 is 0 Å². The van der Waals surface area contributed by atoms with Gasteiger partial charge in [-0.1, -0.05) is 31.4 Å². The van der Waals surface area contributed by atoms with Crippen molar-refractivity contribution >= 4 is 16.7 Å². The van der Waals surface area contributed by atoms with E-state index in [0.717, 1.165) is 18.4 Å². The molecule has 0 radical (unpaired) electrons. The summed E-state index contributed by atoms with van der Waals surface area (Å²) in [5, 5.41) is 3.10. The Bertz CT molecular complexity index is 467. The molecule has 104 valence electrons. The third kappa shape index (κ3) is 4.46. The third-order valence-corrected chi connectivity index (χ3v) is 4.24. The average molecular weight is 279 g/mol. The van der Waals surface area contributed by atoms with Crippen LogP contribution in [0.4, 0.5) is 0 Å². The zero-order valence-electron chi connectivity index (χ0n) is 11.4. The first-order valence-corrected chi connectivity index (χ1v) is 8.57. The van der Waals surface area contributed by atoms with Gasteiger partial charge < -0.3 is 5.32 Å². The maximum absolute atomic E-state index is 12.2. The van der Waals surface area contributed by atoms with Gasteiger partial charge in [0.05, 0.1) is 0 Å². The summed E-state index contributed by atoms with van der Waals surface area (Å²) < 4.78 is 11.2. The molecule has 0 bridgehead atoms. The normalized spacial score (nSPS) is 17.9. The van der Waals surface area contributed by atoms with Crippen molar-refractivity contribution in [3.63, 3.8) is 0 Å². The molecule has 4 heteroatoms. The molecule has 0 saturated heterocycles. The first-order chi connectivity index (χ1) is 9.15. The van der Waals surface area contributed by atoms with Gasteiger partial charge in [0.15, 0.2) is 0 Å². The van der Waals surface area contributed by atoms with Gasteiger partial charge in [0.1, 0.15) is 0 Å². The molecule has 1 atom stereocenters. The molecule has 1 saturated carbocycles. The molecule has 19 heavy (non-hydrogen) atoms. The summed E-state index contributed by atoms with van der Waals surface area (Å²) in [5.74, 6) is 0.500. The van der Waals surface area contributed by atoms with Gasteiger partial charge in [-0.15, -0.1) is 0 Å². The van der Waals surface area contributed by atoms with Crippen LogP contribution >= 0.6 is 0 Å². The van der Waals surface area contributed by atoms with Crippen LogP contribution in [0.3, 0.4) is 0 Å². The molecule has 1 aliphatic carbocycles. The lowest BCUT2D eigenvalue weighted by atomic mass is 9.95. The fourth-order valence-corrected chi connectivity index (χ4v) is 3.20. The molecule has 1 N–H and O–H groups in total. The van der Waals surface area contributed by atoms with Crippen molar-refractivity contribution in [2.45, 2.75) is 43.9 Å². The summed E-state index contributed by atoms with van der Waals surface area (Å²) in [4.78, 5) is 12.2. The summed E-state index contributed by atoms with van der Waals surface area (Å²) >= 11 is 0. The molecule has 0 heterocycles. The maximum Gasteiger partial charge on any atom is 0.251 e. The van der Waals surface area contributed by atoms with Gasteiger partial charge in [0.25, 0.3) is 5.91 Å². The smallest absolute Gasteiger partial charge is 0.251 e. The average Bonchev–Trinajstić information content (AvgIpc) is 2.39. The molecule has 1 aliphatic rings. The van der Waals surface area contributed by atoms with Crippen LogP contribution in [-0.2, 0) is 16.6 Å². The van der Waals surface area contributed by atoms with Gasteiger partial charge in [-0.3, -0.25) is 9.00 Å². The molecule has 2 rings (SSSR count). The molecule has 0 aromatic heterocycles. The summed E-state index contributed by atoms with van der Waals surface area (Å²) in [6, 6.07) is 7.77. The lowest BCUT2D eigenvalue weighted by Gasteiger charge is -2.22. The second kappa shape index (κ2) is 6.85. The summed E-state index contributed by atoms with van der Waals surface area (Å²) in [6.45, 7) is 0. The highest BCUT2D eigenvalue weighted by Crippen LogP contribution is 2.18. The number of hydrogen-bond donors (Lipinski definition) is 1. The fraction of sp³-hybridized carbons (Fsp3) is 0.533. The predicted molar refractivity (Wildman–Crippen MR) is 78.6 cm³/mol. The van der Waals surface area contributed by atoms with Crippen LogP contribution in [-0.4, -0.2) is 22.4 Å². The molecular formula is C15H21NO2S. The molecule has 0 spiro atoms. The summed E-state index contributed by atoms with van der Waals surface area (Å²) in [5.41, 5.74) is 1.63. The van der Waals surface area contributed by atoms with Gasteiger partial charge in [0, 0.05) is 34.4 Å². The molecule has 1 aromatic rings. The van der Waals surface area contributed by atoms with E-state index in [1.165, 1.54) is 19.3 Å². The van der Waals surface area contributed by atoms with Crippen molar-refractivity contribution < 1.29 is 9.00 Å². The van der Waals surface area contributed by atoms with E-state index in [2.05, 4.69) is 5.32 Å². The molecule has 3 nitrogen and oxygen atoms in total. The van der Waals surface area contributed by atoms with Crippen LogP contribution in [0.1, 0.15) is 48.0 Å². The van der Waals surface area contributed by atoms with E-state index in [1.807, 2.05) is 24.3 Å². The summed E-state index contributed by atoms with van der Waals surface area (Å²) in [7, 11) is -0.876. The fourth-order valence-electron chi connectivity index (χ4n) is 2.55. The van der Waals surface area contributed by atoms with E-state index < -0.39 is 10.8 Å². The van der Waals surface area contributed by atoms with Crippen molar-refractivity contribution in [3.8, 4) is 0 Å². The van der Waals surface area contributed by atoms with Crippen LogP contribution in [0.25, 0.3) is 0 Å². The summed E-state index contributed by atoms with van der Waals surface area (Å²) in [6.07, 6.45) is 7.55. The number of carbonyl (C=O) groups is 1. The minimum atomic E-state index is -0.876. The second-order valence-electron chi connectivity index (χ2n) is 5.23. The Morgan fingerprint density at radius 3 is 2.74 bits per heavy atom. The van der Waals surface area contributed by atoms with E-state index >= 15 is 0 Å². The van der Waals surface area contributed by atoms with E-state index in [4.69, 9.17) is 0 Å². The SMILES string of the molecule is C[S@@](=O)Cc1cccc(C(=O)NC2CCCCC2)c1. The van der Waals surface area contributed by atoms with Crippen LogP contribution < -0.4 is 5.32 Å². The topological polar surface area (TPSA) is 46.2 Å². The predicted octanol–water partition coefficient (Wildman–Crippen LogP) is 2.63. The highest BCUT2D eigenvalue weighted by atomic mass is 32.2. The van der Waals surface area contributed by atoms with Crippen molar-refractivity contribution in [2.24, 2.45) is 0 Å². The van der Waals surface area contributed by atoms with Crippen molar-refractivity contribution in [1.82, 2.24) is 5.32 Å². The second-order valence-corrected chi connectivity index (χ2v) is 6.66. The largest absolute Gasteiger partial charge is 0.349 e. The van der Waals surface area contributed by atoms with E-state index in [0.29, 0.717) is 17.4 Å². The van der Waals surface area contributed by atoms with Gasteiger partial charge in [-0.05, 0) is 30.5 Å². The lowest BCUT2D eigenvalue weighted by molar-refractivity contribution is 0.0927. The maximum atomic E-state index is 12.2. The third-order valence-electron chi connectivity index (χ3n) is 3.50. The lowest BCUT2D eigenvalue weighted by Crippen LogP contribution is -2.36. The Morgan fingerprint density at radius 1 is 1.32 bits per heavy atom. The molecule has 0 aliphatic heterocycles. The first kappa shape index (κ1) is 14.3. The van der Waals surface area contributed by atoms with Crippen LogP contribution in [0.5, 0.6) is 0 Å². The number of amides is 1. The number of hydrogen-bond acceptors (Lipinski definition) is 2. The van der Waals surface area contributed by atoms with E-state index in [-0.39, 0.29) is 5.91 Å². The van der Waals surface area contributed by atoms with Crippen LogP contribution in [0.15, 0.2) is 24.3 Å². The first-order valence-electron chi connectivity index (χ1n) is 6.85. The van der Waals surface area contributed by atoms with Crippen LogP contribution in [0.2, 0.25) is 0 Å². The number of carbonyl (C=O) groups excluding carboxylic acids is 1. The minimum absolute atomic E-state index is 0.00404. The Balaban J connectivity index is 1.99. The minimum Gasteiger partial charge on any atom is -0.349 e. The van der Waals surface area contributed by atoms with Gasteiger partial charge in [-0.2, -0.15) is 0 Å². The Hall–Kier alpha value is -1.16. The van der Waals surface area contributed by atoms with Crippen molar-refractivity contribution in [3.05, 3.63) is 35.4 Å². The Kier molecular flexibility index (Phi) is 5.14.